The summed E-state index contributed by atoms with van der Waals surface area (Å²) in [6.07, 6.45) is 2.06. The summed E-state index contributed by atoms with van der Waals surface area (Å²) in [6.45, 7) is 3.00. The van der Waals surface area contributed by atoms with Gasteiger partial charge in [-0.25, -0.2) is 0 Å². The molecule has 1 aromatic heterocycles. The summed E-state index contributed by atoms with van der Waals surface area (Å²) < 4.78 is 3.00. The third kappa shape index (κ3) is 1.14. The Morgan fingerprint density at radius 1 is 1.50 bits per heavy atom. The van der Waals surface area contributed by atoms with Crippen molar-refractivity contribution in [2.45, 2.75) is 13.5 Å². The Morgan fingerprint density at radius 2 is 2.33 bits per heavy atom. The van der Waals surface area contributed by atoms with Gasteiger partial charge in [0.05, 0.1) is 0 Å². The maximum Gasteiger partial charge on any atom is 0.106 e. The second kappa shape index (κ2) is 2.90. The maximum atomic E-state index is 4.40. The highest BCUT2D eigenvalue weighted by molar-refractivity contribution is 9.10. The van der Waals surface area contributed by atoms with Crippen molar-refractivity contribution in [3.8, 4) is 0 Å². The van der Waals surface area contributed by atoms with E-state index in [9.17, 15) is 0 Å². The molecule has 12 heavy (non-hydrogen) atoms. The molecule has 2 rings (SSSR count). The van der Waals surface area contributed by atoms with Crippen LogP contribution in [0, 0.1) is 0 Å². The number of hydrogen-bond acceptors (Lipinski definition) is 1. The summed E-state index contributed by atoms with van der Waals surface area (Å²) in [5.41, 5.74) is 1.04. The van der Waals surface area contributed by atoms with Crippen molar-refractivity contribution in [3.05, 3.63) is 28.9 Å². The largest absolute Gasteiger partial charge is 0.272 e. The van der Waals surface area contributed by atoms with Crippen molar-refractivity contribution < 1.29 is 0 Å². The number of aromatic nitrogens is 2. The van der Waals surface area contributed by atoms with Crippen LogP contribution in [0.5, 0.6) is 0 Å². The van der Waals surface area contributed by atoms with Gasteiger partial charge in [0, 0.05) is 22.6 Å². The number of rotatable bonds is 1. The molecule has 0 atom stereocenters. The molecule has 62 valence electrons. The van der Waals surface area contributed by atoms with Crippen LogP contribution in [0.2, 0.25) is 0 Å². The predicted octanol–water partition coefficient (Wildman–Crippen LogP) is 2.82. The molecule has 0 unspecified atom stereocenters. The highest BCUT2D eigenvalue weighted by Gasteiger charge is 2.01. The van der Waals surface area contributed by atoms with E-state index in [1.807, 2.05) is 16.8 Å². The van der Waals surface area contributed by atoms with E-state index >= 15 is 0 Å². The smallest absolute Gasteiger partial charge is 0.106 e. The molecule has 0 fully saturated rings. The Bertz CT molecular complexity index is 406. The minimum atomic E-state index is 0.918. The summed E-state index contributed by atoms with van der Waals surface area (Å²) in [5, 5.41) is 5.59. The molecule has 0 spiro atoms. The zero-order valence-corrected chi connectivity index (χ0v) is 8.37. The molecule has 0 aliphatic rings. The SMILES string of the molecule is CCn1cc2cccc(Br)c2n1. The van der Waals surface area contributed by atoms with Crippen molar-refractivity contribution in [2.24, 2.45) is 0 Å². The number of halogens is 1. The quantitative estimate of drug-likeness (QED) is 0.729. The second-order valence-corrected chi connectivity index (χ2v) is 3.52. The van der Waals surface area contributed by atoms with Gasteiger partial charge >= 0.3 is 0 Å². The third-order valence-electron chi connectivity index (χ3n) is 1.86. The van der Waals surface area contributed by atoms with Crippen LogP contribution in [-0.4, -0.2) is 9.78 Å². The Balaban J connectivity index is 2.74. The summed E-state index contributed by atoms with van der Waals surface area (Å²) >= 11 is 3.46. The first-order chi connectivity index (χ1) is 5.81. The van der Waals surface area contributed by atoms with Gasteiger partial charge in [0.1, 0.15) is 5.52 Å². The number of benzene rings is 1. The number of hydrogen-bond donors (Lipinski definition) is 0. The standard InChI is InChI=1S/C9H9BrN2/c1-2-12-6-7-4-3-5-8(10)9(7)11-12/h3-6H,2H2,1H3. The van der Waals surface area contributed by atoms with Gasteiger partial charge in [0.15, 0.2) is 0 Å². The first kappa shape index (κ1) is 7.80. The van der Waals surface area contributed by atoms with Gasteiger partial charge in [-0.2, -0.15) is 5.10 Å². The molecule has 0 amide bonds. The molecule has 0 bridgehead atoms. The normalized spacial score (nSPS) is 10.8. The Hall–Kier alpha value is -0.830. The first-order valence-electron chi connectivity index (χ1n) is 3.93. The lowest BCUT2D eigenvalue weighted by Crippen LogP contribution is -1.92. The lowest BCUT2D eigenvalue weighted by molar-refractivity contribution is 0.667. The van der Waals surface area contributed by atoms with Crippen LogP contribution in [0.15, 0.2) is 28.9 Å². The highest BCUT2D eigenvalue weighted by atomic mass is 79.9. The molecule has 1 heterocycles. The van der Waals surface area contributed by atoms with Gasteiger partial charge in [-0.15, -0.1) is 0 Å². The lowest BCUT2D eigenvalue weighted by atomic mass is 10.3. The fraction of sp³-hybridized carbons (Fsp3) is 0.222. The van der Waals surface area contributed by atoms with Crippen LogP contribution < -0.4 is 0 Å². The van der Waals surface area contributed by atoms with Gasteiger partial charge in [-0.3, -0.25) is 4.68 Å². The monoisotopic (exact) mass is 224 g/mol. The van der Waals surface area contributed by atoms with E-state index in [1.54, 1.807) is 0 Å². The lowest BCUT2D eigenvalue weighted by Gasteiger charge is -1.90. The third-order valence-corrected chi connectivity index (χ3v) is 2.50. The van der Waals surface area contributed by atoms with E-state index in [-0.39, 0.29) is 0 Å². The fourth-order valence-corrected chi connectivity index (χ4v) is 1.68. The van der Waals surface area contributed by atoms with Crippen LogP contribution >= 0.6 is 15.9 Å². The number of nitrogens with zero attached hydrogens (tertiary/aromatic N) is 2. The average Bonchev–Trinajstić information content (AvgIpc) is 2.49. The van der Waals surface area contributed by atoms with Crippen LogP contribution in [0.25, 0.3) is 10.9 Å². The van der Waals surface area contributed by atoms with E-state index in [0.29, 0.717) is 0 Å². The fourth-order valence-electron chi connectivity index (χ4n) is 1.22. The molecule has 2 nitrogen and oxygen atoms in total. The van der Waals surface area contributed by atoms with Gasteiger partial charge in [0.2, 0.25) is 0 Å². The van der Waals surface area contributed by atoms with Crippen molar-refractivity contribution in [2.75, 3.05) is 0 Å². The van der Waals surface area contributed by atoms with Crippen LogP contribution in [0.1, 0.15) is 6.92 Å². The minimum absolute atomic E-state index is 0.918. The van der Waals surface area contributed by atoms with E-state index in [1.165, 1.54) is 5.39 Å². The Morgan fingerprint density at radius 3 is 3.00 bits per heavy atom. The minimum Gasteiger partial charge on any atom is -0.272 e. The summed E-state index contributed by atoms with van der Waals surface area (Å²) in [7, 11) is 0. The van der Waals surface area contributed by atoms with Crippen LogP contribution in [-0.2, 0) is 6.54 Å². The second-order valence-electron chi connectivity index (χ2n) is 2.66. The zero-order valence-electron chi connectivity index (χ0n) is 6.79. The number of fused-ring (bicyclic) bond motifs is 1. The van der Waals surface area contributed by atoms with Gasteiger partial charge in [-0.05, 0) is 28.9 Å². The Labute approximate surface area is 79.3 Å². The van der Waals surface area contributed by atoms with E-state index in [4.69, 9.17) is 0 Å². The molecule has 1 aromatic carbocycles. The molecule has 0 N–H and O–H groups in total. The van der Waals surface area contributed by atoms with Crippen LogP contribution in [0.4, 0.5) is 0 Å². The Kier molecular flexibility index (Phi) is 1.89. The molecule has 0 saturated carbocycles. The highest BCUT2D eigenvalue weighted by Crippen LogP contribution is 2.21. The van der Waals surface area contributed by atoms with Crippen LogP contribution in [0.3, 0.4) is 0 Å². The molecular weight excluding hydrogens is 216 g/mol. The van der Waals surface area contributed by atoms with Gasteiger partial charge in [-0.1, -0.05) is 12.1 Å². The number of aryl methyl sites for hydroxylation is 1. The molecule has 0 saturated heterocycles. The van der Waals surface area contributed by atoms with Crippen molar-refractivity contribution in [3.63, 3.8) is 0 Å². The van der Waals surface area contributed by atoms with Crippen molar-refractivity contribution >= 4 is 26.8 Å². The van der Waals surface area contributed by atoms with Crippen molar-refractivity contribution in [1.29, 1.82) is 0 Å². The van der Waals surface area contributed by atoms with E-state index < -0.39 is 0 Å². The van der Waals surface area contributed by atoms with Gasteiger partial charge in [0.25, 0.3) is 0 Å². The summed E-state index contributed by atoms with van der Waals surface area (Å²) in [6, 6.07) is 6.10. The van der Waals surface area contributed by atoms with Crippen molar-refractivity contribution in [1.82, 2.24) is 9.78 Å². The molecule has 3 heteroatoms. The maximum absolute atomic E-state index is 4.40. The first-order valence-corrected chi connectivity index (χ1v) is 4.72. The average molecular weight is 225 g/mol. The van der Waals surface area contributed by atoms with Gasteiger partial charge < -0.3 is 0 Å². The molecule has 0 radical (unpaired) electrons. The molecular formula is C9H9BrN2. The summed E-state index contributed by atoms with van der Waals surface area (Å²) in [4.78, 5) is 0. The zero-order chi connectivity index (χ0) is 8.55. The van der Waals surface area contributed by atoms with E-state index in [0.717, 1.165) is 16.5 Å². The molecule has 2 aromatic rings. The summed E-state index contributed by atoms with van der Waals surface area (Å²) in [5.74, 6) is 0. The predicted molar refractivity (Wildman–Crippen MR) is 53.1 cm³/mol. The topological polar surface area (TPSA) is 17.8 Å². The van der Waals surface area contributed by atoms with E-state index in [2.05, 4.69) is 40.2 Å². The molecule has 0 aliphatic carbocycles. The molecule has 0 aliphatic heterocycles.